The molecule has 1 N–H and O–H groups in total. The fraction of sp³-hybridized carbons (Fsp3) is 0.889. The van der Waals surface area contributed by atoms with E-state index in [2.05, 4.69) is 4.18 Å². The number of hydrogen-bond donors (Lipinski definition) is 1. The van der Waals surface area contributed by atoms with Crippen molar-refractivity contribution in [1.29, 1.82) is 0 Å². The number of morpholine rings is 1. The molecule has 7 nitrogen and oxygen atoms in total. The zero-order valence-corrected chi connectivity index (χ0v) is 10.9. The zero-order valence-electron chi connectivity index (χ0n) is 10.0. The van der Waals surface area contributed by atoms with Crippen LogP contribution in [-0.4, -0.2) is 62.2 Å². The molecule has 0 saturated carbocycles. The summed E-state index contributed by atoms with van der Waals surface area (Å²) in [6, 6.07) is 0. The van der Waals surface area contributed by atoms with Gasteiger partial charge in [0.1, 0.15) is 6.10 Å². The second-order valence-corrected chi connectivity index (χ2v) is 6.27. The molecular weight excluding hydrogens is 250 g/mol. The topological polar surface area (TPSA) is 93.1 Å². The molecule has 8 heteroatoms. The van der Waals surface area contributed by atoms with E-state index < -0.39 is 27.9 Å². The van der Waals surface area contributed by atoms with Gasteiger partial charge in [0.2, 0.25) is 0 Å². The molecule has 1 atom stereocenters. The Kier molecular flexibility index (Phi) is 4.00. The van der Waals surface area contributed by atoms with E-state index in [4.69, 9.17) is 9.84 Å². The van der Waals surface area contributed by atoms with E-state index in [-0.39, 0.29) is 19.8 Å². The minimum atomic E-state index is -3.54. The van der Waals surface area contributed by atoms with Crippen LogP contribution < -0.4 is 0 Å². The highest BCUT2D eigenvalue weighted by Gasteiger charge is 2.38. The van der Waals surface area contributed by atoms with Crippen LogP contribution in [0.4, 0.5) is 4.79 Å². The zero-order chi connectivity index (χ0) is 13.3. The molecule has 0 spiro atoms. The third-order valence-corrected chi connectivity index (χ3v) is 3.05. The molecule has 1 fully saturated rings. The third-order valence-electron chi connectivity index (χ3n) is 2.49. The van der Waals surface area contributed by atoms with E-state index in [1.54, 1.807) is 13.8 Å². The molecule has 0 bridgehead atoms. The van der Waals surface area contributed by atoms with Crippen molar-refractivity contribution in [1.82, 2.24) is 4.90 Å². The number of amides is 1. The summed E-state index contributed by atoms with van der Waals surface area (Å²) < 4.78 is 31.6. The maximum atomic E-state index is 11.0. The first-order valence-electron chi connectivity index (χ1n) is 5.08. The van der Waals surface area contributed by atoms with Gasteiger partial charge in [-0.1, -0.05) is 0 Å². The average Bonchev–Trinajstić information content (AvgIpc) is 2.13. The number of carbonyl (C=O) groups is 1. The van der Waals surface area contributed by atoms with Crippen LogP contribution in [0.25, 0.3) is 0 Å². The third kappa shape index (κ3) is 4.14. The minimum absolute atomic E-state index is 0.0951. The Balaban J connectivity index is 2.61. The molecule has 1 heterocycles. The monoisotopic (exact) mass is 267 g/mol. The number of hydrogen-bond acceptors (Lipinski definition) is 5. The highest BCUT2D eigenvalue weighted by atomic mass is 32.2. The first kappa shape index (κ1) is 14.2. The molecule has 0 aromatic rings. The van der Waals surface area contributed by atoms with Gasteiger partial charge in [-0.2, -0.15) is 8.42 Å². The van der Waals surface area contributed by atoms with Crippen LogP contribution in [0.3, 0.4) is 0 Å². The molecular formula is C9H17NO6S. The smallest absolute Gasteiger partial charge is 0.407 e. The lowest BCUT2D eigenvalue weighted by Crippen LogP contribution is -2.58. The normalized spacial score (nSPS) is 24.6. The summed E-state index contributed by atoms with van der Waals surface area (Å²) >= 11 is 0. The summed E-state index contributed by atoms with van der Waals surface area (Å²) in [6.45, 7) is 3.62. The van der Waals surface area contributed by atoms with Gasteiger partial charge in [0.25, 0.3) is 10.1 Å². The molecule has 17 heavy (non-hydrogen) atoms. The van der Waals surface area contributed by atoms with E-state index in [0.717, 1.165) is 6.26 Å². The highest BCUT2D eigenvalue weighted by molar-refractivity contribution is 7.85. The van der Waals surface area contributed by atoms with E-state index in [1.165, 1.54) is 4.90 Å². The van der Waals surface area contributed by atoms with Gasteiger partial charge in [-0.05, 0) is 13.8 Å². The van der Waals surface area contributed by atoms with Crippen LogP contribution in [0.15, 0.2) is 0 Å². The number of carboxylic acid groups (broad SMARTS) is 1. The van der Waals surface area contributed by atoms with Crippen molar-refractivity contribution < 1.29 is 27.2 Å². The molecule has 0 radical (unpaired) electrons. The Morgan fingerprint density at radius 2 is 2.18 bits per heavy atom. The molecule has 1 aliphatic rings. The Bertz CT molecular complexity index is 390. The lowest BCUT2D eigenvalue weighted by atomic mass is 10.0. The Morgan fingerprint density at radius 3 is 2.65 bits per heavy atom. The predicted octanol–water partition coefficient (Wildman–Crippen LogP) is 0.120. The standard InChI is InChI=1S/C9H17NO6S/c1-9(2)6-15-7(4-10(9)8(11)12)5-16-17(3,13)14/h7H,4-6H2,1-3H3,(H,11,12)/t7-/m0/s1. The molecule has 1 rings (SSSR count). The molecule has 1 aliphatic heterocycles. The summed E-state index contributed by atoms with van der Waals surface area (Å²) in [5, 5.41) is 9.03. The van der Waals surface area contributed by atoms with Gasteiger partial charge in [-0.15, -0.1) is 0 Å². The van der Waals surface area contributed by atoms with E-state index in [1.807, 2.05) is 0 Å². The van der Waals surface area contributed by atoms with Gasteiger partial charge in [0.15, 0.2) is 0 Å². The van der Waals surface area contributed by atoms with Crippen LogP contribution >= 0.6 is 0 Å². The quantitative estimate of drug-likeness (QED) is 0.730. The second kappa shape index (κ2) is 4.79. The van der Waals surface area contributed by atoms with Crippen LogP contribution in [0, 0.1) is 0 Å². The fourth-order valence-electron chi connectivity index (χ4n) is 1.54. The summed E-state index contributed by atoms with van der Waals surface area (Å²) in [6.07, 6.45) is -0.675. The maximum absolute atomic E-state index is 11.0. The van der Waals surface area contributed by atoms with E-state index >= 15 is 0 Å². The first-order valence-corrected chi connectivity index (χ1v) is 6.90. The summed E-state index contributed by atoms with van der Waals surface area (Å²) in [5.41, 5.74) is -0.618. The molecule has 0 aliphatic carbocycles. The van der Waals surface area contributed by atoms with Crippen LogP contribution in [0.2, 0.25) is 0 Å². The van der Waals surface area contributed by atoms with Gasteiger partial charge in [-0.25, -0.2) is 4.79 Å². The Labute approximate surface area is 100 Å². The number of rotatable bonds is 3. The van der Waals surface area contributed by atoms with Crippen molar-refractivity contribution in [2.24, 2.45) is 0 Å². The molecule has 100 valence electrons. The highest BCUT2D eigenvalue weighted by Crippen LogP contribution is 2.22. The van der Waals surface area contributed by atoms with Crippen molar-refractivity contribution >= 4 is 16.2 Å². The van der Waals surface area contributed by atoms with Crippen LogP contribution in [0.1, 0.15) is 13.8 Å². The fourth-order valence-corrected chi connectivity index (χ4v) is 1.94. The molecule has 0 aromatic heterocycles. The van der Waals surface area contributed by atoms with Gasteiger partial charge in [-0.3, -0.25) is 9.08 Å². The molecule has 0 unspecified atom stereocenters. The molecule has 1 saturated heterocycles. The first-order chi connectivity index (χ1) is 7.62. The summed E-state index contributed by atoms with van der Waals surface area (Å²) in [5.74, 6) is 0. The lowest BCUT2D eigenvalue weighted by molar-refractivity contribution is -0.0971. The number of ether oxygens (including phenoxy) is 1. The van der Waals surface area contributed by atoms with Gasteiger partial charge in [0, 0.05) is 0 Å². The second-order valence-electron chi connectivity index (χ2n) is 4.63. The SMILES string of the molecule is CC1(C)CO[C@H](COS(C)(=O)=O)CN1C(=O)O. The predicted molar refractivity (Wildman–Crippen MR) is 59.3 cm³/mol. The summed E-state index contributed by atoms with van der Waals surface area (Å²) in [4.78, 5) is 12.3. The van der Waals surface area contributed by atoms with Gasteiger partial charge < -0.3 is 9.84 Å². The lowest BCUT2D eigenvalue weighted by Gasteiger charge is -2.43. The van der Waals surface area contributed by atoms with Crippen molar-refractivity contribution in [3.63, 3.8) is 0 Å². The largest absolute Gasteiger partial charge is 0.465 e. The summed E-state index contributed by atoms with van der Waals surface area (Å²) in [7, 11) is -3.54. The van der Waals surface area contributed by atoms with Crippen molar-refractivity contribution in [2.75, 3.05) is 26.0 Å². The molecule has 1 amide bonds. The van der Waals surface area contributed by atoms with E-state index in [9.17, 15) is 13.2 Å². The average molecular weight is 267 g/mol. The van der Waals surface area contributed by atoms with Gasteiger partial charge >= 0.3 is 6.09 Å². The van der Waals surface area contributed by atoms with Crippen LogP contribution in [-0.2, 0) is 19.0 Å². The van der Waals surface area contributed by atoms with Crippen molar-refractivity contribution in [3.05, 3.63) is 0 Å². The van der Waals surface area contributed by atoms with Crippen molar-refractivity contribution in [2.45, 2.75) is 25.5 Å². The minimum Gasteiger partial charge on any atom is -0.465 e. The van der Waals surface area contributed by atoms with Gasteiger partial charge in [0.05, 0.1) is 31.6 Å². The Morgan fingerprint density at radius 1 is 1.59 bits per heavy atom. The van der Waals surface area contributed by atoms with Crippen molar-refractivity contribution in [3.8, 4) is 0 Å². The van der Waals surface area contributed by atoms with E-state index in [0.29, 0.717) is 0 Å². The maximum Gasteiger partial charge on any atom is 0.407 e. The Hall–Kier alpha value is -0.860. The number of nitrogens with zero attached hydrogens (tertiary/aromatic N) is 1. The van der Waals surface area contributed by atoms with Crippen LogP contribution in [0.5, 0.6) is 0 Å². The molecule has 0 aromatic carbocycles.